The molecule has 0 aliphatic carbocycles. The minimum absolute atomic E-state index is 0.00372. The van der Waals surface area contributed by atoms with E-state index in [1.54, 1.807) is 38.1 Å². The summed E-state index contributed by atoms with van der Waals surface area (Å²) < 4.78 is 0. The molecule has 0 bridgehead atoms. The topological polar surface area (TPSA) is 168 Å². The molecule has 0 saturated carbocycles. The molecule has 1 aliphatic rings. The van der Waals surface area contributed by atoms with Gasteiger partial charge < -0.3 is 35.8 Å². The molecule has 14 heteroatoms. The lowest BCUT2D eigenvalue weighted by Gasteiger charge is -2.41. The maximum Gasteiger partial charge on any atom is 0.248 e. The Kier molecular flexibility index (Phi) is 13.7. The van der Waals surface area contributed by atoms with Crippen LogP contribution in [-0.2, 0) is 35.4 Å². The number of carbonyl (C=O) groups excluding carboxylic acids is 6. The van der Waals surface area contributed by atoms with Crippen molar-refractivity contribution in [2.45, 2.75) is 32.9 Å². The first-order valence-corrected chi connectivity index (χ1v) is 14.4. The van der Waals surface area contributed by atoms with Gasteiger partial charge in [-0.05, 0) is 35.8 Å². The number of aliphatic hydroxyl groups excluding tert-OH is 1. The van der Waals surface area contributed by atoms with Crippen LogP contribution in [0.2, 0.25) is 0 Å². The van der Waals surface area contributed by atoms with Crippen molar-refractivity contribution in [2.75, 3.05) is 43.4 Å². The minimum atomic E-state index is -0.869. The van der Waals surface area contributed by atoms with Crippen LogP contribution in [0.1, 0.15) is 25.8 Å². The van der Waals surface area contributed by atoms with Crippen LogP contribution in [-0.4, -0.2) is 99.3 Å². The fourth-order valence-corrected chi connectivity index (χ4v) is 4.59. The first-order valence-electron chi connectivity index (χ1n) is 13.2. The number of carbonyl (C=O) groups is 6. The Balaban J connectivity index is 1.78. The Bertz CT molecular complexity index is 1150. The summed E-state index contributed by atoms with van der Waals surface area (Å²) in [5.41, 5.74) is 1.21. The van der Waals surface area contributed by atoms with E-state index in [4.69, 9.17) is 5.11 Å². The molecule has 4 N–H and O–H groups in total. The Morgan fingerprint density at radius 1 is 0.929 bits per heavy atom. The lowest BCUT2D eigenvalue weighted by molar-refractivity contribution is -0.154. The highest BCUT2D eigenvalue weighted by atomic mass is 32.2. The van der Waals surface area contributed by atoms with Gasteiger partial charge in [0, 0.05) is 17.9 Å². The number of amides is 6. The zero-order chi connectivity index (χ0) is 31.2. The average Bonchev–Trinajstić information content (AvgIpc) is 2.99. The van der Waals surface area contributed by atoms with Crippen LogP contribution in [0, 0.1) is 5.92 Å². The van der Waals surface area contributed by atoms with E-state index in [1.165, 1.54) is 26.5 Å². The lowest BCUT2D eigenvalue weighted by atomic mass is 10.0. The Morgan fingerprint density at radius 2 is 1.50 bits per heavy atom. The summed E-state index contributed by atoms with van der Waals surface area (Å²) in [4.78, 5) is 78.4. The third-order valence-corrected chi connectivity index (χ3v) is 7.11. The molecular formula is C28H38N6O7S. The van der Waals surface area contributed by atoms with Crippen LogP contribution in [0.5, 0.6) is 0 Å². The normalized spacial score (nSPS) is 13.7. The number of benzene rings is 1. The zero-order valence-corrected chi connectivity index (χ0v) is 24.7. The lowest BCUT2D eigenvalue weighted by Crippen LogP contribution is -2.59. The van der Waals surface area contributed by atoms with Crippen LogP contribution in [0.15, 0.2) is 49.6 Å². The fraction of sp³-hybridized carbons (Fsp3) is 0.429. The Hall–Kier alpha value is -4.17. The van der Waals surface area contributed by atoms with Crippen molar-refractivity contribution in [3.8, 4) is 0 Å². The molecule has 1 saturated heterocycles. The van der Waals surface area contributed by atoms with E-state index >= 15 is 0 Å². The minimum Gasteiger partial charge on any atom is -0.392 e. The van der Waals surface area contributed by atoms with Gasteiger partial charge >= 0.3 is 0 Å². The van der Waals surface area contributed by atoms with Crippen molar-refractivity contribution in [1.29, 1.82) is 0 Å². The van der Waals surface area contributed by atoms with Crippen LogP contribution in [0.25, 0.3) is 0 Å². The molecule has 0 unspecified atom stereocenters. The molecule has 1 heterocycles. The van der Waals surface area contributed by atoms with Gasteiger partial charge in [0.1, 0.15) is 6.04 Å². The van der Waals surface area contributed by atoms with Gasteiger partial charge in [0.25, 0.3) is 0 Å². The highest BCUT2D eigenvalue weighted by molar-refractivity contribution is 7.99. The van der Waals surface area contributed by atoms with Crippen LogP contribution < -0.4 is 16.0 Å². The van der Waals surface area contributed by atoms with Gasteiger partial charge in [-0.25, -0.2) is 0 Å². The molecule has 6 amide bonds. The summed E-state index contributed by atoms with van der Waals surface area (Å²) in [6.07, 6.45) is 2.28. The Morgan fingerprint density at radius 3 is 2.02 bits per heavy atom. The molecule has 0 spiro atoms. The summed E-state index contributed by atoms with van der Waals surface area (Å²) in [5, 5.41) is 16.9. The number of hydrogen-bond donors (Lipinski definition) is 4. The summed E-state index contributed by atoms with van der Waals surface area (Å²) >= 11 is 1.20. The van der Waals surface area contributed by atoms with Crippen molar-refractivity contribution >= 4 is 52.9 Å². The smallest absolute Gasteiger partial charge is 0.248 e. The molecule has 0 aromatic heterocycles. The van der Waals surface area contributed by atoms with Gasteiger partial charge in [-0.3, -0.25) is 28.8 Å². The summed E-state index contributed by atoms with van der Waals surface area (Å²) in [6, 6.07) is 5.74. The van der Waals surface area contributed by atoms with E-state index < -0.39 is 35.6 Å². The van der Waals surface area contributed by atoms with Gasteiger partial charge in [0.2, 0.25) is 35.4 Å². The van der Waals surface area contributed by atoms with Gasteiger partial charge in [-0.15, -0.1) is 0 Å². The van der Waals surface area contributed by atoms with E-state index in [-0.39, 0.29) is 57.2 Å². The van der Waals surface area contributed by atoms with Crippen molar-refractivity contribution in [3.63, 3.8) is 0 Å². The van der Waals surface area contributed by atoms with Crippen molar-refractivity contribution < 1.29 is 33.9 Å². The molecule has 1 fully saturated rings. The standard InChI is InChI=1S/C28H38N6O7S/c1-5-24(38)32-16-33(25(39)6-2)18-34(17-32)26(40)11-12-42-15-23(37)31-27(19(3)4)28(41)29-13-22(36)30-21-9-7-20(14-35)8-10-21/h5-10,19,27,35H,1-2,11-18H2,3-4H3,(H,29,41)(H,30,36)(H,31,37)/t27-/m0/s1. The average molecular weight is 603 g/mol. The first-order chi connectivity index (χ1) is 20.0. The van der Waals surface area contributed by atoms with Gasteiger partial charge in [0.15, 0.2) is 0 Å². The number of nitrogens with one attached hydrogen (secondary N) is 3. The molecule has 1 aromatic rings. The summed E-state index contributed by atoms with van der Waals surface area (Å²) in [6.45, 7) is 10.0. The van der Waals surface area contributed by atoms with E-state index in [0.717, 1.165) is 12.2 Å². The Labute approximate surface area is 249 Å². The quantitative estimate of drug-likeness (QED) is 0.174. The predicted molar refractivity (Wildman–Crippen MR) is 158 cm³/mol. The third kappa shape index (κ3) is 10.7. The SMILES string of the molecule is C=CC(=O)N1CN(C(=O)C=C)CN(C(=O)CCSCC(=O)N[C@H](C(=O)NCC(=O)Nc2ccc(CO)cc2)C(C)C)C1. The first kappa shape index (κ1) is 34.0. The van der Waals surface area contributed by atoms with E-state index in [1.807, 2.05) is 0 Å². The van der Waals surface area contributed by atoms with Crippen LogP contribution in [0.4, 0.5) is 5.69 Å². The molecular weight excluding hydrogens is 564 g/mol. The molecule has 1 atom stereocenters. The molecule has 13 nitrogen and oxygen atoms in total. The number of hydrogen-bond acceptors (Lipinski definition) is 8. The van der Waals surface area contributed by atoms with Gasteiger partial charge in [0.05, 0.1) is 38.9 Å². The second-order valence-corrected chi connectivity index (χ2v) is 10.8. The number of thioether (sulfide) groups is 1. The van der Waals surface area contributed by atoms with Crippen LogP contribution >= 0.6 is 11.8 Å². The summed E-state index contributed by atoms with van der Waals surface area (Å²) in [7, 11) is 0. The largest absolute Gasteiger partial charge is 0.392 e. The molecule has 1 aromatic carbocycles. The molecule has 42 heavy (non-hydrogen) atoms. The maximum atomic E-state index is 12.8. The van der Waals surface area contributed by atoms with Crippen molar-refractivity contribution in [1.82, 2.24) is 25.3 Å². The zero-order valence-electron chi connectivity index (χ0n) is 23.8. The molecule has 1 aliphatic heterocycles. The highest BCUT2D eigenvalue weighted by Gasteiger charge is 2.30. The maximum absolute atomic E-state index is 12.8. The highest BCUT2D eigenvalue weighted by Crippen LogP contribution is 2.13. The molecule has 0 radical (unpaired) electrons. The van der Waals surface area contributed by atoms with Crippen molar-refractivity contribution in [3.05, 3.63) is 55.1 Å². The monoisotopic (exact) mass is 602 g/mol. The fourth-order valence-electron chi connectivity index (χ4n) is 3.86. The van der Waals surface area contributed by atoms with Crippen molar-refractivity contribution in [2.24, 2.45) is 5.92 Å². The second-order valence-electron chi connectivity index (χ2n) is 9.74. The second kappa shape index (κ2) is 16.9. The predicted octanol–water partition coefficient (Wildman–Crippen LogP) is 0.242. The number of anilines is 1. The van der Waals surface area contributed by atoms with Gasteiger partial charge in [-0.1, -0.05) is 39.1 Å². The van der Waals surface area contributed by atoms with E-state index in [2.05, 4.69) is 29.1 Å². The molecule has 2 rings (SSSR count). The number of rotatable bonds is 14. The third-order valence-electron chi connectivity index (χ3n) is 6.15. The van der Waals surface area contributed by atoms with E-state index in [0.29, 0.717) is 17.0 Å². The molecule has 228 valence electrons. The summed E-state index contributed by atoms with van der Waals surface area (Å²) in [5.74, 6) is -2.45. The van der Waals surface area contributed by atoms with Gasteiger partial charge in [-0.2, -0.15) is 11.8 Å². The van der Waals surface area contributed by atoms with Crippen LogP contribution in [0.3, 0.4) is 0 Å². The number of nitrogens with zero attached hydrogens (tertiary/aromatic N) is 3. The van der Waals surface area contributed by atoms with E-state index in [9.17, 15) is 28.8 Å². The number of aliphatic hydroxyl groups is 1.